The van der Waals surface area contributed by atoms with E-state index in [-0.39, 0.29) is 25.0 Å². The lowest BCUT2D eigenvalue weighted by Crippen LogP contribution is -2.33. The van der Waals surface area contributed by atoms with E-state index in [2.05, 4.69) is 53.3 Å². The number of amides is 1. The predicted octanol–water partition coefficient (Wildman–Crippen LogP) is 6.20. The van der Waals surface area contributed by atoms with E-state index in [0.29, 0.717) is 41.2 Å². The predicted molar refractivity (Wildman–Crippen MR) is 196 cm³/mol. The van der Waals surface area contributed by atoms with E-state index in [1.54, 1.807) is 49.6 Å². The summed E-state index contributed by atoms with van der Waals surface area (Å²) >= 11 is 6.10. The van der Waals surface area contributed by atoms with Crippen LogP contribution >= 0.6 is 11.6 Å². The van der Waals surface area contributed by atoms with Gasteiger partial charge in [-0.15, -0.1) is 0 Å². The average molecular weight is 702 g/mol. The van der Waals surface area contributed by atoms with E-state index >= 15 is 0 Å². The van der Waals surface area contributed by atoms with Crippen LogP contribution in [0.5, 0.6) is 0 Å². The summed E-state index contributed by atoms with van der Waals surface area (Å²) in [5.41, 5.74) is 14.2. The van der Waals surface area contributed by atoms with Crippen molar-refractivity contribution in [1.29, 1.82) is 0 Å². The molecule has 0 fully saturated rings. The number of halogens is 1. The van der Waals surface area contributed by atoms with Gasteiger partial charge in [-0.2, -0.15) is 0 Å². The van der Waals surface area contributed by atoms with Crippen molar-refractivity contribution in [3.8, 4) is 11.3 Å². The number of anilines is 1. The molecular formula is C36H56ClN7O5. The molecule has 0 saturated carbocycles. The van der Waals surface area contributed by atoms with Crippen molar-refractivity contribution in [3.05, 3.63) is 64.6 Å². The molecule has 3 aromatic rings. The Labute approximate surface area is 296 Å². The fourth-order valence-corrected chi connectivity index (χ4v) is 4.19. The fraction of sp³-hybridized carbons (Fsp3) is 0.528. The smallest absolute Gasteiger partial charge is 0.322 e. The van der Waals surface area contributed by atoms with Crippen LogP contribution in [0, 0.1) is 18.8 Å². The number of aryl methyl sites for hydroxylation is 1. The maximum atomic E-state index is 13.0. The van der Waals surface area contributed by atoms with Gasteiger partial charge < -0.3 is 36.6 Å². The van der Waals surface area contributed by atoms with Crippen molar-refractivity contribution >= 4 is 35.4 Å². The van der Waals surface area contributed by atoms with E-state index in [0.717, 1.165) is 35.7 Å². The van der Waals surface area contributed by atoms with Gasteiger partial charge in [0, 0.05) is 29.5 Å². The Bertz CT molecular complexity index is 1430. The number of aromatic nitrogens is 3. The van der Waals surface area contributed by atoms with Crippen LogP contribution in [-0.4, -0.2) is 65.1 Å². The topological polar surface area (TPSA) is 187 Å². The molecule has 0 spiro atoms. The standard InChI is InChI=1S/C23H27ClN6O3.C8H17NO2.C5H12/c1-3-7-26-23-28-11-14(2)21(30-23)16-9-18(27-12-16)22(32)29-19(13-33-20(31)10-25)15-5-4-6-17(24)8-15;1-4-11-8(10)7(9)5-6(2)3;1-4-5(2)3/h4-6,8-9,11-12,19,27H,3,7,10,13,25H2,1-2H3,(H,29,32)(H,26,28,30);6-7H,4-5,9H2,1-3H3;5H,4H2,1-3H3/t19-;;/m1../s1. The first-order valence-corrected chi connectivity index (χ1v) is 17.2. The minimum Gasteiger partial charge on any atom is -0.465 e. The number of rotatable bonds is 15. The van der Waals surface area contributed by atoms with Crippen LogP contribution in [0.2, 0.25) is 5.02 Å². The molecule has 0 aliphatic carbocycles. The summed E-state index contributed by atoms with van der Waals surface area (Å²) in [5.74, 6) is 0.634. The molecule has 1 aromatic carbocycles. The number of benzene rings is 1. The van der Waals surface area contributed by atoms with Gasteiger partial charge >= 0.3 is 11.9 Å². The Morgan fingerprint density at radius 3 is 2.31 bits per heavy atom. The van der Waals surface area contributed by atoms with Gasteiger partial charge in [-0.25, -0.2) is 9.97 Å². The number of H-pyrrole nitrogens is 1. The molecule has 272 valence electrons. The monoisotopic (exact) mass is 701 g/mol. The van der Waals surface area contributed by atoms with Crippen molar-refractivity contribution in [2.75, 3.05) is 31.6 Å². The third kappa shape index (κ3) is 16.8. The Morgan fingerprint density at radius 2 is 1.73 bits per heavy atom. The summed E-state index contributed by atoms with van der Waals surface area (Å²) in [7, 11) is 0. The number of aromatic amines is 1. The number of esters is 2. The van der Waals surface area contributed by atoms with Gasteiger partial charge in [0.05, 0.1) is 24.9 Å². The number of hydrogen-bond donors (Lipinski definition) is 5. The van der Waals surface area contributed by atoms with E-state index in [1.165, 1.54) is 6.42 Å². The Morgan fingerprint density at radius 1 is 1.04 bits per heavy atom. The van der Waals surface area contributed by atoms with Crippen molar-refractivity contribution < 1.29 is 23.9 Å². The molecule has 1 unspecified atom stereocenters. The quantitative estimate of drug-likeness (QED) is 0.114. The summed E-state index contributed by atoms with van der Waals surface area (Å²) in [5, 5.41) is 6.55. The summed E-state index contributed by atoms with van der Waals surface area (Å²) in [6.07, 6.45) is 6.42. The van der Waals surface area contributed by atoms with Crippen LogP contribution in [0.15, 0.2) is 42.7 Å². The first-order chi connectivity index (χ1) is 23.3. The average Bonchev–Trinajstić information content (AvgIpc) is 3.57. The van der Waals surface area contributed by atoms with Crippen LogP contribution in [0.4, 0.5) is 5.95 Å². The number of nitrogens with zero attached hydrogens (tertiary/aromatic N) is 2. The SMILES string of the molecule is CCC(C)C.CCCNc1ncc(C)c(-c2c[nH]c(C(=O)N[C@H](COC(=O)CN)c3cccc(Cl)c3)c2)n1.CCOC(=O)C(N)CC(C)C. The fourth-order valence-electron chi connectivity index (χ4n) is 3.99. The highest BCUT2D eigenvalue weighted by Gasteiger charge is 2.20. The van der Waals surface area contributed by atoms with E-state index in [4.69, 9.17) is 32.5 Å². The Hall–Kier alpha value is -4.00. The van der Waals surface area contributed by atoms with E-state index in [1.807, 2.05) is 20.8 Å². The normalized spacial score (nSPS) is 11.8. The third-order valence-electron chi connectivity index (χ3n) is 6.97. The molecule has 12 nitrogen and oxygen atoms in total. The van der Waals surface area contributed by atoms with Crippen molar-refractivity contribution in [1.82, 2.24) is 20.3 Å². The summed E-state index contributed by atoms with van der Waals surface area (Å²) in [6.45, 7) is 17.3. The van der Waals surface area contributed by atoms with Crippen molar-refractivity contribution in [3.63, 3.8) is 0 Å². The molecule has 0 aliphatic rings. The lowest BCUT2D eigenvalue weighted by Gasteiger charge is -2.19. The highest BCUT2D eigenvalue weighted by atomic mass is 35.5. The zero-order chi connectivity index (χ0) is 36.9. The highest BCUT2D eigenvalue weighted by Crippen LogP contribution is 2.24. The van der Waals surface area contributed by atoms with Gasteiger partial charge in [0.15, 0.2) is 0 Å². The third-order valence-corrected chi connectivity index (χ3v) is 7.21. The number of carbonyl (C=O) groups is 3. The Kier molecular flexibility index (Phi) is 20.5. The molecule has 7 N–H and O–H groups in total. The first-order valence-electron chi connectivity index (χ1n) is 16.9. The zero-order valence-corrected chi connectivity index (χ0v) is 31.0. The molecule has 0 aliphatic heterocycles. The van der Waals surface area contributed by atoms with Gasteiger partial charge in [0.2, 0.25) is 5.95 Å². The zero-order valence-electron chi connectivity index (χ0n) is 30.3. The van der Waals surface area contributed by atoms with Gasteiger partial charge in [-0.05, 0) is 67.9 Å². The number of nitrogens with two attached hydrogens (primary N) is 2. The maximum Gasteiger partial charge on any atom is 0.322 e. The van der Waals surface area contributed by atoms with Crippen LogP contribution < -0.4 is 22.1 Å². The van der Waals surface area contributed by atoms with E-state index < -0.39 is 18.1 Å². The molecule has 13 heteroatoms. The molecule has 1 amide bonds. The lowest BCUT2D eigenvalue weighted by atomic mass is 10.1. The number of ether oxygens (including phenoxy) is 2. The van der Waals surface area contributed by atoms with Crippen LogP contribution in [-0.2, 0) is 19.1 Å². The minimum absolute atomic E-state index is 0.0762. The van der Waals surface area contributed by atoms with Crippen LogP contribution in [0.3, 0.4) is 0 Å². The first kappa shape index (κ1) is 43.0. The van der Waals surface area contributed by atoms with Gasteiger partial charge in [-0.1, -0.05) is 71.7 Å². The molecule has 2 aromatic heterocycles. The van der Waals surface area contributed by atoms with Crippen molar-refractivity contribution in [2.24, 2.45) is 23.3 Å². The molecule has 2 atom stereocenters. The molecule has 2 heterocycles. The van der Waals surface area contributed by atoms with Gasteiger partial charge in [0.1, 0.15) is 18.3 Å². The maximum absolute atomic E-state index is 13.0. The minimum atomic E-state index is -0.607. The molecule has 0 radical (unpaired) electrons. The molecule has 3 rings (SSSR count). The number of nitrogens with one attached hydrogen (secondary N) is 3. The second kappa shape index (κ2) is 23.4. The molecule has 0 saturated heterocycles. The summed E-state index contributed by atoms with van der Waals surface area (Å²) < 4.78 is 9.90. The summed E-state index contributed by atoms with van der Waals surface area (Å²) in [6, 6.07) is 7.64. The number of hydrogen-bond acceptors (Lipinski definition) is 10. The molecule has 0 bridgehead atoms. The Balaban J connectivity index is 0.000000623. The molecule has 49 heavy (non-hydrogen) atoms. The van der Waals surface area contributed by atoms with Crippen LogP contribution in [0.1, 0.15) is 95.4 Å². The van der Waals surface area contributed by atoms with Crippen molar-refractivity contribution in [2.45, 2.75) is 86.7 Å². The highest BCUT2D eigenvalue weighted by molar-refractivity contribution is 6.30. The lowest BCUT2D eigenvalue weighted by molar-refractivity contribution is -0.145. The van der Waals surface area contributed by atoms with E-state index in [9.17, 15) is 14.4 Å². The van der Waals surface area contributed by atoms with Crippen LogP contribution in [0.25, 0.3) is 11.3 Å². The summed E-state index contributed by atoms with van der Waals surface area (Å²) in [4.78, 5) is 47.3. The number of carbonyl (C=O) groups excluding carboxylic acids is 3. The molecular weight excluding hydrogens is 646 g/mol. The second-order valence-corrected chi connectivity index (χ2v) is 12.6. The second-order valence-electron chi connectivity index (χ2n) is 12.2. The largest absolute Gasteiger partial charge is 0.465 e. The van der Waals surface area contributed by atoms with Gasteiger partial charge in [-0.3, -0.25) is 14.4 Å². The van der Waals surface area contributed by atoms with Gasteiger partial charge in [0.25, 0.3) is 5.91 Å².